The SMILES string of the molecule is CC(NC(N)=O)C(=O)Nc1cccc(F)c1C(=O)O. The molecular weight excluding hydrogens is 257 g/mol. The summed E-state index contributed by atoms with van der Waals surface area (Å²) in [4.78, 5) is 33.1. The largest absolute Gasteiger partial charge is 0.478 e. The average Bonchev–Trinajstić information content (AvgIpc) is 2.27. The zero-order valence-electron chi connectivity index (χ0n) is 9.94. The number of carbonyl (C=O) groups excluding carboxylic acids is 2. The Hall–Kier alpha value is -2.64. The molecular formula is C11H12FN3O4. The van der Waals surface area contributed by atoms with Crippen molar-refractivity contribution in [3.8, 4) is 0 Å². The number of rotatable bonds is 4. The first-order valence-corrected chi connectivity index (χ1v) is 5.21. The van der Waals surface area contributed by atoms with Crippen LogP contribution in [0.5, 0.6) is 0 Å². The summed E-state index contributed by atoms with van der Waals surface area (Å²) in [6.07, 6.45) is 0. The molecule has 1 rings (SSSR count). The Labute approximate surface area is 107 Å². The van der Waals surface area contributed by atoms with Crippen LogP contribution >= 0.6 is 0 Å². The second-order valence-corrected chi connectivity index (χ2v) is 3.69. The molecule has 0 aromatic heterocycles. The van der Waals surface area contributed by atoms with Gasteiger partial charge in [0.25, 0.3) is 0 Å². The van der Waals surface area contributed by atoms with Gasteiger partial charge in [-0.25, -0.2) is 14.0 Å². The second kappa shape index (κ2) is 5.80. The van der Waals surface area contributed by atoms with E-state index in [2.05, 4.69) is 10.6 Å². The molecule has 0 saturated carbocycles. The van der Waals surface area contributed by atoms with E-state index < -0.39 is 35.3 Å². The van der Waals surface area contributed by atoms with Crippen LogP contribution in [-0.4, -0.2) is 29.1 Å². The highest BCUT2D eigenvalue weighted by molar-refractivity contribution is 6.02. The van der Waals surface area contributed by atoms with E-state index in [9.17, 15) is 18.8 Å². The topological polar surface area (TPSA) is 122 Å². The van der Waals surface area contributed by atoms with Crippen LogP contribution in [0.3, 0.4) is 0 Å². The number of carboxylic acids is 1. The van der Waals surface area contributed by atoms with Crippen LogP contribution in [0, 0.1) is 5.82 Å². The first kappa shape index (κ1) is 14.4. The van der Waals surface area contributed by atoms with Crippen LogP contribution in [0.1, 0.15) is 17.3 Å². The fraction of sp³-hybridized carbons (Fsp3) is 0.182. The van der Waals surface area contributed by atoms with Gasteiger partial charge in [-0.1, -0.05) is 6.07 Å². The maximum atomic E-state index is 13.3. The Morgan fingerprint density at radius 1 is 1.37 bits per heavy atom. The molecule has 0 radical (unpaired) electrons. The predicted molar refractivity (Wildman–Crippen MR) is 64.2 cm³/mol. The number of halogens is 1. The second-order valence-electron chi connectivity index (χ2n) is 3.69. The van der Waals surface area contributed by atoms with Gasteiger partial charge in [0.15, 0.2) is 0 Å². The van der Waals surface area contributed by atoms with Gasteiger partial charge in [-0.2, -0.15) is 0 Å². The number of amides is 3. The van der Waals surface area contributed by atoms with E-state index in [1.165, 1.54) is 19.1 Å². The third-order valence-electron chi connectivity index (χ3n) is 2.24. The molecule has 102 valence electrons. The van der Waals surface area contributed by atoms with Gasteiger partial charge in [-0.05, 0) is 19.1 Å². The summed E-state index contributed by atoms with van der Waals surface area (Å²) in [6.45, 7) is 1.35. The summed E-state index contributed by atoms with van der Waals surface area (Å²) in [6, 6.07) is 1.57. The number of benzene rings is 1. The number of primary amides is 1. The minimum absolute atomic E-state index is 0.198. The Bertz CT molecular complexity index is 533. The average molecular weight is 269 g/mol. The van der Waals surface area contributed by atoms with Crippen molar-refractivity contribution >= 4 is 23.6 Å². The Morgan fingerprint density at radius 2 is 2.00 bits per heavy atom. The first-order chi connectivity index (χ1) is 8.82. The van der Waals surface area contributed by atoms with Crippen LogP contribution in [0.15, 0.2) is 18.2 Å². The number of nitrogens with two attached hydrogens (primary N) is 1. The molecule has 1 aromatic rings. The summed E-state index contributed by atoms with van der Waals surface area (Å²) >= 11 is 0. The van der Waals surface area contributed by atoms with Gasteiger partial charge < -0.3 is 21.5 Å². The fourth-order valence-electron chi connectivity index (χ4n) is 1.37. The van der Waals surface area contributed by atoms with Crippen molar-refractivity contribution in [2.75, 3.05) is 5.32 Å². The molecule has 7 nitrogen and oxygen atoms in total. The van der Waals surface area contributed by atoms with Gasteiger partial charge in [-0.15, -0.1) is 0 Å². The minimum atomic E-state index is -1.51. The number of aromatic carboxylic acids is 1. The highest BCUT2D eigenvalue weighted by Gasteiger charge is 2.20. The molecule has 0 aliphatic rings. The van der Waals surface area contributed by atoms with E-state index in [-0.39, 0.29) is 5.69 Å². The summed E-state index contributed by atoms with van der Waals surface area (Å²) in [5.74, 6) is -3.20. The first-order valence-electron chi connectivity index (χ1n) is 5.21. The van der Waals surface area contributed by atoms with Crippen LogP contribution in [0.4, 0.5) is 14.9 Å². The molecule has 1 aromatic carbocycles. The van der Waals surface area contributed by atoms with Gasteiger partial charge >= 0.3 is 12.0 Å². The fourth-order valence-corrected chi connectivity index (χ4v) is 1.37. The zero-order valence-corrected chi connectivity index (χ0v) is 9.94. The summed E-state index contributed by atoms with van der Waals surface area (Å²) < 4.78 is 13.3. The van der Waals surface area contributed by atoms with Gasteiger partial charge in [0, 0.05) is 0 Å². The molecule has 0 aliphatic heterocycles. The maximum Gasteiger partial charge on any atom is 0.340 e. The van der Waals surface area contributed by atoms with E-state index >= 15 is 0 Å². The molecule has 0 spiro atoms. The highest BCUT2D eigenvalue weighted by Crippen LogP contribution is 2.19. The number of hydrogen-bond donors (Lipinski definition) is 4. The lowest BCUT2D eigenvalue weighted by atomic mass is 10.1. The summed E-state index contributed by atoms with van der Waals surface area (Å²) in [5.41, 5.74) is 3.99. The Morgan fingerprint density at radius 3 is 2.53 bits per heavy atom. The van der Waals surface area contributed by atoms with Crippen LogP contribution in [0.2, 0.25) is 0 Å². The van der Waals surface area contributed by atoms with Gasteiger partial charge in [-0.3, -0.25) is 4.79 Å². The lowest BCUT2D eigenvalue weighted by molar-refractivity contribution is -0.117. The molecule has 0 fully saturated rings. The van der Waals surface area contributed by atoms with Crippen molar-refractivity contribution in [3.05, 3.63) is 29.6 Å². The van der Waals surface area contributed by atoms with Gasteiger partial charge in [0.05, 0.1) is 5.69 Å². The van der Waals surface area contributed by atoms with Gasteiger partial charge in [0.2, 0.25) is 5.91 Å². The van der Waals surface area contributed by atoms with Crippen LogP contribution in [-0.2, 0) is 4.79 Å². The lowest BCUT2D eigenvalue weighted by Crippen LogP contribution is -2.44. The molecule has 0 aliphatic carbocycles. The van der Waals surface area contributed by atoms with Crippen LogP contribution < -0.4 is 16.4 Å². The molecule has 19 heavy (non-hydrogen) atoms. The number of urea groups is 1. The van der Waals surface area contributed by atoms with Gasteiger partial charge in [0.1, 0.15) is 17.4 Å². The monoisotopic (exact) mass is 269 g/mol. The molecule has 3 amide bonds. The Kier molecular flexibility index (Phi) is 4.41. The van der Waals surface area contributed by atoms with E-state index in [0.717, 1.165) is 6.07 Å². The number of carboxylic acid groups (broad SMARTS) is 1. The number of anilines is 1. The number of hydrogen-bond acceptors (Lipinski definition) is 3. The van der Waals surface area contributed by atoms with E-state index in [1.807, 2.05) is 0 Å². The van der Waals surface area contributed by atoms with E-state index in [0.29, 0.717) is 0 Å². The molecule has 0 saturated heterocycles. The van der Waals surface area contributed by atoms with E-state index in [4.69, 9.17) is 10.8 Å². The summed E-state index contributed by atoms with van der Waals surface area (Å²) in [7, 11) is 0. The normalized spacial score (nSPS) is 11.5. The van der Waals surface area contributed by atoms with Crippen molar-refractivity contribution in [1.29, 1.82) is 0 Å². The zero-order chi connectivity index (χ0) is 14.6. The van der Waals surface area contributed by atoms with Crippen molar-refractivity contribution in [2.45, 2.75) is 13.0 Å². The van der Waals surface area contributed by atoms with Crippen molar-refractivity contribution in [1.82, 2.24) is 5.32 Å². The Balaban J connectivity index is 2.94. The maximum absolute atomic E-state index is 13.3. The smallest absolute Gasteiger partial charge is 0.340 e. The molecule has 0 heterocycles. The minimum Gasteiger partial charge on any atom is -0.478 e. The lowest BCUT2D eigenvalue weighted by Gasteiger charge is -2.14. The molecule has 8 heteroatoms. The molecule has 1 unspecified atom stereocenters. The standard InChI is InChI=1S/C11H12FN3O4/c1-5(14-11(13)19)9(16)15-7-4-2-3-6(12)8(7)10(17)18/h2-5H,1H3,(H,15,16)(H,17,18)(H3,13,14,19). The molecule has 1 atom stereocenters. The number of nitrogens with one attached hydrogen (secondary N) is 2. The highest BCUT2D eigenvalue weighted by atomic mass is 19.1. The van der Waals surface area contributed by atoms with Crippen molar-refractivity contribution < 1.29 is 23.9 Å². The third kappa shape index (κ3) is 3.66. The number of carbonyl (C=O) groups is 3. The third-order valence-corrected chi connectivity index (χ3v) is 2.24. The molecule has 5 N–H and O–H groups in total. The quantitative estimate of drug-likeness (QED) is 0.636. The predicted octanol–water partition coefficient (Wildman–Crippen LogP) is 0.519. The van der Waals surface area contributed by atoms with Crippen molar-refractivity contribution in [3.63, 3.8) is 0 Å². The van der Waals surface area contributed by atoms with E-state index in [1.54, 1.807) is 0 Å². The van der Waals surface area contributed by atoms with Crippen LogP contribution in [0.25, 0.3) is 0 Å². The van der Waals surface area contributed by atoms with Crippen molar-refractivity contribution in [2.24, 2.45) is 5.73 Å². The summed E-state index contributed by atoms with van der Waals surface area (Å²) in [5, 5.41) is 13.2. The molecule has 0 bridgehead atoms.